The summed E-state index contributed by atoms with van der Waals surface area (Å²) in [6, 6.07) is 15.0. The van der Waals surface area contributed by atoms with Gasteiger partial charge in [0.15, 0.2) is 5.78 Å². The van der Waals surface area contributed by atoms with Crippen molar-refractivity contribution >= 4 is 29.2 Å². The van der Waals surface area contributed by atoms with Crippen LogP contribution >= 0.6 is 11.6 Å². The Labute approximate surface area is 209 Å². The van der Waals surface area contributed by atoms with Gasteiger partial charge >= 0.3 is 0 Å². The van der Waals surface area contributed by atoms with Crippen LogP contribution < -0.4 is 9.64 Å². The van der Waals surface area contributed by atoms with Crippen LogP contribution in [0.25, 0.3) is 0 Å². The highest BCUT2D eigenvalue weighted by atomic mass is 35.5. The number of anilines is 1. The highest BCUT2D eigenvalue weighted by Crippen LogP contribution is 2.34. The molecule has 1 aliphatic heterocycles. The number of benzene rings is 2. The molecule has 3 aromatic rings. The zero-order valence-electron chi connectivity index (χ0n) is 19.8. The second-order valence-electron chi connectivity index (χ2n) is 8.99. The summed E-state index contributed by atoms with van der Waals surface area (Å²) in [5.41, 5.74) is 3.84. The lowest BCUT2D eigenvalue weighted by atomic mass is 9.81. The van der Waals surface area contributed by atoms with Crippen molar-refractivity contribution in [3.05, 3.63) is 81.6 Å². The molecule has 0 N–H and O–H groups in total. The number of hydrogen-bond acceptors (Lipinski definition) is 6. The second kappa shape index (κ2) is 9.66. The maximum absolute atomic E-state index is 13.0. The molecule has 1 aliphatic carbocycles. The predicted octanol–water partition coefficient (Wildman–Crippen LogP) is 4.32. The maximum atomic E-state index is 13.0. The van der Waals surface area contributed by atoms with Gasteiger partial charge in [0.1, 0.15) is 5.75 Å². The van der Waals surface area contributed by atoms with Crippen molar-refractivity contribution in [1.82, 2.24) is 14.9 Å². The van der Waals surface area contributed by atoms with Gasteiger partial charge in [-0.05, 0) is 49.1 Å². The van der Waals surface area contributed by atoms with Crippen molar-refractivity contribution in [2.24, 2.45) is 0 Å². The van der Waals surface area contributed by atoms with E-state index in [0.717, 1.165) is 17.0 Å². The Kier molecular flexibility index (Phi) is 6.43. The molecule has 0 unspecified atom stereocenters. The van der Waals surface area contributed by atoms with E-state index in [4.69, 9.17) is 21.3 Å². The quantitative estimate of drug-likeness (QED) is 0.542. The van der Waals surface area contributed by atoms with E-state index in [1.165, 1.54) is 0 Å². The number of piperazine rings is 1. The number of amides is 1. The van der Waals surface area contributed by atoms with Crippen LogP contribution in [-0.4, -0.2) is 59.8 Å². The number of ether oxygens (including phenoxy) is 1. The molecule has 2 heterocycles. The third kappa shape index (κ3) is 4.60. The molecule has 0 radical (unpaired) electrons. The van der Waals surface area contributed by atoms with E-state index in [2.05, 4.69) is 9.88 Å². The lowest BCUT2D eigenvalue weighted by Crippen LogP contribution is -2.49. The summed E-state index contributed by atoms with van der Waals surface area (Å²) in [5, 5.41) is 0.681. The van der Waals surface area contributed by atoms with Crippen molar-refractivity contribution in [2.45, 2.75) is 25.7 Å². The number of aromatic nitrogens is 2. The maximum Gasteiger partial charge on any atom is 0.257 e. The van der Waals surface area contributed by atoms with Crippen molar-refractivity contribution in [1.29, 1.82) is 0 Å². The number of halogens is 1. The number of hydrogen-bond donors (Lipinski definition) is 0. The molecule has 0 bridgehead atoms. The third-order valence-corrected chi connectivity index (χ3v) is 7.08. The van der Waals surface area contributed by atoms with E-state index >= 15 is 0 Å². The van der Waals surface area contributed by atoms with Crippen LogP contribution in [0.5, 0.6) is 5.75 Å². The predicted molar refractivity (Wildman–Crippen MR) is 135 cm³/mol. The van der Waals surface area contributed by atoms with E-state index in [0.29, 0.717) is 66.9 Å². The van der Waals surface area contributed by atoms with Crippen LogP contribution in [0.1, 0.15) is 50.0 Å². The highest BCUT2D eigenvalue weighted by molar-refractivity contribution is 6.30. The minimum atomic E-state index is -0.0407. The van der Waals surface area contributed by atoms with Crippen LogP contribution in [0.2, 0.25) is 5.02 Å². The summed E-state index contributed by atoms with van der Waals surface area (Å²) in [6.45, 7) is 4.23. The smallest absolute Gasteiger partial charge is 0.257 e. The molecule has 2 aromatic carbocycles. The van der Waals surface area contributed by atoms with Gasteiger partial charge in [-0.1, -0.05) is 35.9 Å². The topological polar surface area (TPSA) is 75.6 Å². The van der Waals surface area contributed by atoms with Crippen molar-refractivity contribution in [3.8, 4) is 5.75 Å². The molecule has 1 aromatic heterocycles. The van der Waals surface area contributed by atoms with E-state index in [9.17, 15) is 9.59 Å². The minimum absolute atomic E-state index is 0.0407. The summed E-state index contributed by atoms with van der Waals surface area (Å²) in [6.07, 6.45) is 1.13. The molecule has 5 rings (SSSR count). The Hall–Kier alpha value is -3.45. The number of para-hydroxylation sites is 1. The number of Topliss-reactive ketones (excluding diaryl/α,β-unsaturated/α-hetero) is 1. The first-order chi connectivity index (χ1) is 16.9. The fourth-order valence-corrected chi connectivity index (χ4v) is 5.10. The normalized spacial score (nSPS) is 17.8. The Balaban J connectivity index is 1.33. The first-order valence-electron chi connectivity index (χ1n) is 11.8. The largest absolute Gasteiger partial charge is 0.496 e. The van der Waals surface area contributed by atoms with Crippen molar-refractivity contribution in [3.63, 3.8) is 0 Å². The summed E-state index contributed by atoms with van der Waals surface area (Å²) in [4.78, 5) is 39.5. The molecule has 1 amide bonds. The van der Waals surface area contributed by atoms with Crippen LogP contribution in [0.15, 0.2) is 48.5 Å². The standard InChI is InChI=1S/C27H27ClN4O3/c1-17-25-22(15-19(16-23(25)33)18-7-9-20(28)10-8-18)30-27(29-17)32-13-11-31(12-14-32)26(34)21-5-3-4-6-24(21)35-2/h3-10,19H,11-16H2,1-2H3/t19-/m1/s1. The third-order valence-electron chi connectivity index (χ3n) is 6.83. The van der Waals surface area contributed by atoms with Crippen molar-refractivity contribution in [2.75, 3.05) is 38.2 Å². The average Bonchev–Trinajstić information content (AvgIpc) is 2.88. The van der Waals surface area contributed by atoms with Gasteiger partial charge in [-0.2, -0.15) is 0 Å². The van der Waals surface area contributed by atoms with Gasteiger partial charge in [0.2, 0.25) is 5.95 Å². The van der Waals surface area contributed by atoms with E-state index in [1.807, 2.05) is 48.2 Å². The first-order valence-corrected chi connectivity index (χ1v) is 12.2. The molecule has 8 heteroatoms. The van der Waals surface area contributed by atoms with Crippen molar-refractivity contribution < 1.29 is 14.3 Å². The van der Waals surface area contributed by atoms with Crippen LogP contribution in [0.4, 0.5) is 5.95 Å². The Morgan fingerprint density at radius 1 is 1.00 bits per heavy atom. The van der Waals surface area contributed by atoms with Gasteiger partial charge in [0.05, 0.1) is 29.6 Å². The average molecular weight is 491 g/mol. The fourth-order valence-electron chi connectivity index (χ4n) is 4.97. The number of ketones is 1. The van der Waals surface area contributed by atoms with E-state index in [1.54, 1.807) is 19.2 Å². The molecule has 0 saturated carbocycles. The number of fused-ring (bicyclic) bond motifs is 1. The van der Waals surface area contributed by atoms with Crippen LogP contribution in [0, 0.1) is 6.92 Å². The van der Waals surface area contributed by atoms with Gasteiger partial charge in [0.25, 0.3) is 5.91 Å². The number of nitrogens with zero attached hydrogens (tertiary/aromatic N) is 4. The SMILES string of the molecule is COc1ccccc1C(=O)N1CCN(c2nc(C)c3c(n2)C[C@@H](c2ccc(Cl)cc2)CC3=O)CC1. The lowest BCUT2D eigenvalue weighted by Gasteiger charge is -2.35. The number of methoxy groups -OCH3 is 1. The Morgan fingerprint density at radius 3 is 2.43 bits per heavy atom. The Bertz CT molecular complexity index is 1270. The monoisotopic (exact) mass is 490 g/mol. The molecule has 7 nitrogen and oxygen atoms in total. The molecule has 1 saturated heterocycles. The molecule has 35 heavy (non-hydrogen) atoms. The molecule has 2 aliphatic rings. The zero-order valence-corrected chi connectivity index (χ0v) is 20.6. The fraction of sp³-hybridized carbons (Fsp3) is 0.333. The minimum Gasteiger partial charge on any atom is -0.496 e. The second-order valence-corrected chi connectivity index (χ2v) is 9.43. The van der Waals surface area contributed by atoms with E-state index < -0.39 is 0 Å². The Morgan fingerprint density at radius 2 is 1.71 bits per heavy atom. The lowest BCUT2D eigenvalue weighted by molar-refractivity contribution is 0.0742. The first kappa shape index (κ1) is 23.3. The molecular formula is C27H27ClN4O3. The number of carbonyl (C=O) groups is 2. The van der Waals surface area contributed by atoms with Crippen LogP contribution in [-0.2, 0) is 6.42 Å². The molecule has 180 valence electrons. The number of carbonyl (C=O) groups excluding carboxylic acids is 2. The van der Waals surface area contributed by atoms with E-state index in [-0.39, 0.29) is 17.6 Å². The number of rotatable bonds is 4. The summed E-state index contributed by atoms with van der Waals surface area (Å²) in [7, 11) is 1.57. The number of aryl methyl sites for hydroxylation is 1. The van der Waals surface area contributed by atoms with Gasteiger partial charge in [0, 0.05) is 37.6 Å². The molecule has 1 atom stereocenters. The molecular weight excluding hydrogens is 464 g/mol. The summed E-state index contributed by atoms with van der Waals surface area (Å²) >= 11 is 6.04. The molecule has 0 spiro atoms. The van der Waals surface area contributed by atoms with Gasteiger partial charge < -0.3 is 14.5 Å². The highest BCUT2D eigenvalue weighted by Gasteiger charge is 2.31. The summed E-state index contributed by atoms with van der Waals surface area (Å²) < 4.78 is 5.36. The summed E-state index contributed by atoms with van der Waals surface area (Å²) in [5.74, 6) is 1.32. The molecule has 1 fully saturated rings. The van der Waals surface area contributed by atoms with Crippen LogP contribution in [0.3, 0.4) is 0 Å². The van der Waals surface area contributed by atoms with Gasteiger partial charge in [-0.3, -0.25) is 9.59 Å². The van der Waals surface area contributed by atoms with Gasteiger partial charge in [-0.25, -0.2) is 9.97 Å². The van der Waals surface area contributed by atoms with Gasteiger partial charge in [-0.15, -0.1) is 0 Å². The zero-order chi connectivity index (χ0) is 24.5.